The maximum atomic E-state index is 5.53. The molecular formula is C10H17N3. The summed E-state index contributed by atoms with van der Waals surface area (Å²) in [4.78, 5) is 0. The van der Waals surface area contributed by atoms with E-state index in [1.807, 2.05) is 0 Å². The van der Waals surface area contributed by atoms with Gasteiger partial charge >= 0.3 is 0 Å². The van der Waals surface area contributed by atoms with Crippen LogP contribution in [0.2, 0.25) is 0 Å². The van der Waals surface area contributed by atoms with Crippen LogP contribution in [-0.4, -0.2) is 16.7 Å². The number of nitrogens with one attached hydrogen (secondary N) is 1. The molecule has 1 heterocycles. The summed E-state index contributed by atoms with van der Waals surface area (Å²) in [5.41, 5.74) is 8.67. The zero-order valence-electron chi connectivity index (χ0n) is 8.52. The molecule has 0 saturated carbocycles. The number of rotatable bonds is 2. The van der Waals surface area contributed by atoms with Gasteiger partial charge in [0.2, 0.25) is 0 Å². The number of aromatic nitrogens is 2. The molecule has 0 unspecified atom stereocenters. The maximum Gasteiger partial charge on any atom is 0.0565 e. The van der Waals surface area contributed by atoms with Crippen molar-refractivity contribution in [3.63, 3.8) is 0 Å². The van der Waals surface area contributed by atoms with E-state index in [4.69, 9.17) is 5.73 Å². The molecule has 0 aliphatic rings. The summed E-state index contributed by atoms with van der Waals surface area (Å²) >= 11 is 0. The van der Waals surface area contributed by atoms with Gasteiger partial charge in [0.05, 0.1) is 6.20 Å². The van der Waals surface area contributed by atoms with Gasteiger partial charge in [0.25, 0.3) is 0 Å². The fraction of sp³-hybridized carbons (Fsp3) is 0.500. The lowest BCUT2D eigenvalue weighted by molar-refractivity contribution is 0.565. The molecule has 3 heteroatoms. The van der Waals surface area contributed by atoms with Crippen molar-refractivity contribution in [1.82, 2.24) is 10.2 Å². The molecule has 1 aromatic rings. The van der Waals surface area contributed by atoms with Crippen molar-refractivity contribution in [3.8, 4) is 0 Å². The second kappa shape index (κ2) is 3.34. The summed E-state index contributed by atoms with van der Waals surface area (Å²) in [5, 5.41) is 7.01. The first-order chi connectivity index (χ1) is 5.96. The molecule has 0 fully saturated rings. The average molecular weight is 179 g/mol. The number of H-pyrrole nitrogens is 1. The summed E-state index contributed by atoms with van der Waals surface area (Å²) in [6.45, 7) is 10.8. The van der Waals surface area contributed by atoms with Crippen molar-refractivity contribution in [2.75, 3.05) is 6.54 Å². The molecule has 1 rings (SSSR count). The van der Waals surface area contributed by atoms with Crippen LogP contribution < -0.4 is 5.73 Å². The van der Waals surface area contributed by atoms with Crippen LogP contribution in [-0.2, 0) is 5.41 Å². The Hall–Kier alpha value is -1.09. The third kappa shape index (κ3) is 1.98. The van der Waals surface area contributed by atoms with Gasteiger partial charge in [0, 0.05) is 23.2 Å². The zero-order chi connectivity index (χ0) is 10.1. The van der Waals surface area contributed by atoms with Crippen LogP contribution in [0.5, 0.6) is 0 Å². The largest absolute Gasteiger partial charge is 0.326 e. The zero-order valence-corrected chi connectivity index (χ0v) is 8.52. The van der Waals surface area contributed by atoms with E-state index >= 15 is 0 Å². The van der Waals surface area contributed by atoms with Gasteiger partial charge in [-0.2, -0.15) is 5.10 Å². The predicted molar refractivity (Wildman–Crippen MR) is 55.4 cm³/mol. The second-order valence-corrected chi connectivity index (χ2v) is 4.22. The molecule has 0 aliphatic heterocycles. The summed E-state index contributed by atoms with van der Waals surface area (Å²) in [6.07, 6.45) is 1.79. The lowest BCUT2D eigenvalue weighted by Crippen LogP contribution is -2.15. The van der Waals surface area contributed by atoms with E-state index in [9.17, 15) is 0 Å². The van der Waals surface area contributed by atoms with Crippen LogP contribution in [0.4, 0.5) is 0 Å². The van der Waals surface area contributed by atoms with Gasteiger partial charge in [-0.1, -0.05) is 27.4 Å². The Balaban J connectivity index is 3.10. The summed E-state index contributed by atoms with van der Waals surface area (Å²) in [7, 11) is 0. The highest BCUT2D eigenvalue weighted by atomic mass is 15.1. The van der Waals surface area contributed by atoms with E-state index in [2.05, 4.69) is 37.5 Å². The highest BCUT2D eigenvalue weighted by molar-refractivity contribution is 5.66. The number of nitrogens with two attached hydrogens (primary N) is 1. The van der Waals surface area contributed by atoms with Crippen LogP contribution >= 0.6 is 0 Å². The van der Waals surface area contributed by atoms with E-state index in [-0.39, 0.29) is 5.41 Å². The van der Waals surface area contributed by atoms with Gasteiger partial charge in [-0.25, -0.2) is 0 Å². The van der Waals surface area contributed by atoms with Gasteiger partial charge in [-0.05, 0) is 5.57 Å². The molecule has 0 aliphatic carbocycles. The summed E-state index contributed by atoms with van der Waals surface area (Å²) in [5.74, 6) is 0. The first-order valence-corrected chi connectivity index (χ1v) is 4.39. The van der Waals surface area contributed by atoms with Crippen molar-refractivity contribution < 1.29 is 0 Å². The number of hydrogen-bond acceptors (Lipinski definition) is 2. The van der Waals surface area contributed by atoms with Crippen molar-refractivity contribution in [1.29, 1.82) is 0 Å². The van der Waals surface area contributed by atoms with Crippen LogP contribution in [0, 0.1) is 0 Å². The Bertz CT molecular complexity index is 304. The quantitative estimate of drug-likeness (QED) is 0.725. The van der Waals surface area contributed by atoms with Gasteiger partial charge in [-0.3, -0.25) is 5.10 Å². The van der Waals surface area contributed by atoms with Gasteiger partial charge in [0.1, 0.15) is 0 Å². The molecule has 0 spiro atoms. The van der Waals surface area contributed by atoms with E-state index in [0.717, 1.165) is 16.8 Å². The fourth-order valence-corrected chi connectivity index (χ4v) is 1.24. The Labute approximate surface area is 79.0 Å². The standard InChI is InChI=1S/C10H17N3/c1-7(5-11)8-6-12-13-9(8)10(2,3)4/h6H,1,5,11H2,2-4H3,(H,12,13). The van der Waals surface area contributed by atoms with Gasteiger partial charge in [-0.15, -0.1) is 0 Å². The normalized spacial score (nSPS) is 11.7. The highest BCUT2D eigenvalue weighted by Crippen LogP contribution is 2.26. The molecule has 0 amide bonds. The summed E-state index contributed by atoms with van der Waals surface area (Å²) < 4.78 is 0. The molecular weight excluding hydrogens is 162 g/mol. The fourth-order valence-electron chi connectivity index (χ4n) is 1.24. The molecule has 3 N–H and O–H groups in total. The minimum Gasteiger partial charge on any atom is -0.326 e. The average Bonchev–Trinajstić information content (AvgIpc) is 2.49. The molecule has 0 bridgehead atoms. The molecule has 72 valence electrons. The van der Waals surface area contributed by atoms with E-state index in [1.165, 1.54) is 0 Å². The van der Waals surface area contributed by atoms with Gasteiger partial charge < -0.3 is 5.73 Å². The summed E-state index contributed by atoms with van der Waals surface area (Å²) in [6, 6.07) is 0. The highest BCUT2D eigenvalue weighted by Gasteiger charge is 2.20. The SMILES string of the molecule is C=C(CN)c1cn[nH]c1C(C)(C)C. The van der Waals surface area contributed by atoms with Crippen molar-refractivity contribution in [2.24, 2.45) is 5.73 Å². The van der Waals surface area contributed by atoms with E-state index in [1.54, 1.807) is 6.20 Å². The predicted octanol–water partition coefficient (Wildman–Crippen LogP) is 1.68. The van der Waals surface area contributed by atoms with Crippen molar-refractivity contribution in [3.05, 3.63) is 24.0 Å². The van der Waals surface area contributed by atoms with Crippen molar-refractivity contribution >= 4 is 5.57 Å². The van der Waals surface area contributed by atoms with Crippen LogP contribution in [0.1, 0.15) is 32.0 Å². The lowest BCUT2D eigenvalue weighted by Gasteiger charge is -2.18. The first kappa shape index (κ1) is 9.99. The minimum absolute atomic E-state index is 0.0595. The Morgan fingerprint density at radius 3 is 2.69 bits per heavy atom. The Kier molecular flexibility index (Phi) is 2.57. The lowest BCUT2D eigenvalue weighted by atomic mass is 9.88. The third-order valence-electron chi connectivity index (χ3n) is 2.02. The number of aromatic amines is 1. The van der Waals surface area contributed by atoms with Crippen LogP contribution in [0.3, 0.4) is 0 Å². The number of hydrogen-bond donors (Lipinski definition) is 2. The van der Waals surface area contributed by atoms with E-state index < -0.39 is 0 Å². The molecule has 0 aromatic carbocycles. The second-order valence-electron chi connectivity index (χ2n) is 4.22. The van der Waals surface area contributed by atoms with E-state index in [0.29, 0.717) is 6.54 Å². The Morgan fingerprint density at radius 1 is 1.62 bits per heavy atom. The smallest absolute Gasteiger partial charge is 0.0565 e. The van der Waals surface area contributed by atoms with Crippen LogP contribution in [0.25, 0.3) is 5.57 Å². The molecule has 0 radical (unpaired) electrons. The monoisotopic (exact) mass is 179 g/mol. The van der Waals surface area contributed by atoms with Gasteiger partial charge in [0.15, 0.2) is 0 Å². The molecule has 1 aromatic heterocycles. The molecule has 0 atom stereocenters. The Morgan fingerprint density at radius 2 is 2.23 bits per heavy atom. The molecule has 13 heavy (non-hydrogen) atoms. The molecule has 3 nitrogen and oxygen atoms in total. The van der Waals surface area contributed by atoms with Crippen molar-refractivity contribution in [2.45, 2.75) is 26.2 Å². The minimum atomic E-state index is 0.0595. The van der Waals surface area contributed by atoms with Crippen LogP contribution in [0.15, 0.2) is 12.8 Å². The topological polar surface area (TPSA) is 54.7 Å². The number of nitrogens with zero attached hydrogens (tertiary/aromatic N) is 1. The molecule has 0 saturated heterocycles. The first-order valence-electron chi connectivity index (χ1n) is 4.39. The third-order valence-corrected chi connectivity index (χ3v) is 2.02. The maximum absolute atomic E-state index is 5.53.